The van der Waals surface area contributed by atoms with Crippen LogP contribution in [0.15, 0.2) is 18.2 Å². The molecule has 1 fully saturated rings. The molecule has 1 amide bonds. The molecule has 4 nitrogen and oxygen atoms in total. The largest absolute Gasteiger partial charge is 0.480 e. The van der Waals surface area contributed by atoms with Crippen LogP contribution >= 0.6 is 22.9 Å². The molecule has 1 saturated carbocycles. The van der Waals surface area contributed by atoms with E-state index >= 15 is 0 Å². The third-order valence-corrected chi connectivity index (χ3v) is 3.76. The Balaban J connectivity index is 2.00. The molecule has 1 aliphatic carbocycles. The van der Waals surface area contributed by atoms with Crippen molar-refractivity contribution < 1.29 is 14.7 Å². The second-order valence-electron chi connectivity index (χ2n) is 4.07. The van der Waals surface area contributed by atoms with E-state index in [4.69, 9.17) is 16.7 Å². The van der Waals surface area contributed by atoms with Gasteiger partial charge in [0.05, 0.1) is 4.34 Å². The van der Waals surface area contributed by atoms with E-state index in [0.717, 1.165) is 17.7 Å². The van der Waals surface area contributed by atoms with Crippen molar-refractivity contribution in [1.82, 2.24) is 4.90 Å². The molecule has 0 aliphatic heterocycles. The average Bonchev–Trinajstić information content (AvgIpc) is 3.06. The first kappa shape index (κ1) is 13.1. The number of hydrogen-bond acceptors (Lipinski definition) is 3. The van der Waals surface area contributed by atoms with Crippen molar-refractivity contribution >= 4 is 40.9 Å². The Morgan fingerprint density at radius 2 is 2.22 bits per heavy atom. The van der Waals surface area contributed by atoms with E-state index in [9.17, 15) is 9.59 Å². The zero-order valence-corrected chi connectivity index (χ0v) is 11.1. The van der Waals surface area contributed by atoms with Crippen molar-refractivity contribution in [3.63, 3.8) is 0 Å². The lowest BCUT2D eigenvalue weighted by molar-refractivity contribution is -0.143. The minimum Gasteiger partial charge on any atom is -0.480 e. The van der Waals surface area contributed by atoms with Gasteiger partial charge in [-0.15, -0.1) is 11.3 Å². The quantitative estimate of drug-likeness (QED) is 0.846. The fourth-order valence-electron chi connectivity index (χ4n) is 1.59. The highest BCUT2D eigenvalue weighted by atomic mass is 35.5. The number of rotatable bonds is 5. The summed E-state index contributed by atoms with van der Waals surface area (Å²) in [6.07, 6.45) is 4.84. The number of carboxylic acid groups (broad SMARTS) is 1. The molecular weight excluding hydrogens is 274 g/mol. The molecular formula is C12H12ClNO3S. The predicted octanol–water partition coefficient (Wildman–Crippen LogP) is 2.49. The van der Waals surface area contributed by atoms with Crippen molar-refractivity contribution in [2.24, 2.45) is 0 Å². The molecule has 0 atom stereocenters. The summed E-state index contributed by atoms with van der Waals surface area (Å²) in [6.45, 7) is -0.237. The molecule has 1 aliphatic rings. The maximum absolute atomic E-state index is 11.9. The number of halogens is 1. The number of aliphatic carboxylic acids is 1. The van der Waals surface area contributed by atoms with Crippen LogP contribution < -0.4 is 0 Å². The minimum absolute atomic E-state index is 0.0881. The first-order chi connectivity index (χ1) is 8.56. The van der Waals surface area contributed by atoms with Crippen LogP contribution in [0.4, 0.5) is 0 Å². The van der Waals surface area contributed by atoms with Crippen LogP contribution in [0.3, 0.4) is 0 Å². The van der Waals surface area contributed by atoms with Gasteiger partial charge in [0.15, 0.2) is 0 Å². The van der Waals surface area contributed by atoms with Crippen LogP contribution in [-0.2, 0) is 9.59 Å². The van der Waals surface area contributed by atoms with Gasteiger partial charge in [-0.1, -0.05) is 11.6 Å². The van der Waals surface area contributed by atoms with Crippen molar-refractivity contribution in [3.05, 3.63) is 27.4 Å². The van der Waals surface area contributed by atoms with Crippen molar-refractivity contribution in [2.75, 3.05) is 6.54 Å². The highest BCUT2D eigenvalue weighted by Gasteiger charge is 2.32. The highest BCUT2D eigenvalue weighted by Crippen LogP contribution is 2.27. The molecule has 1 aromatic heterocycles. The molecule has 0 saturated heterocycles. The van der Waals surface area contributed by atoms with Gasteiger partial charge in [-0.2, -0.15) is 0 Å². The summed E-state index contributed by atoms with van der Waals surface area (Å²) in [7, 11) is 0. The lowest BCUT2D eigenvalue weighted by Gasteiger charge is -2.17. The molecule has 0 spiro atoms. The van der Waals surface area contributed by atoms with Crippen LogP contribution in [0.1, 0.15) is 17.7 Å². The molecule has 1 aromatic rings. The molecule has 0 aromatic carbocycles. The van der Waals surface area contributed by atoms with Gasteiger partial charge in [-0.05, 0) is 31.1 Å². The molecule has 0 unspecified atom stereocenters. The third kappa shape index (κ3) is 3.58. The number of carbonyl (C=O) groups is 2. The van der Waals surface area contributed by atoms with Gasteiger partial charge in [0.25, 0.3) is 0 Å². The van der Waals surface area contributed by atoms with Gasteiger partial charge in [-0.25, -0.2) is 0 Å². The van der Waals surface area contributed by atoms with Gasteiger partial charge in [0.2, 0.25) is 5.91 Å². The maximum atomic E-state index is 11.9. The van der Waals surface area contributed by atoms with Gasteiger partial charge in [-0.3, -0.25) is 9.59 Å². The molecule has 0 radical (unpaired) electrons. The van der Waals surface area contributed by atoms with Crippen LogP contribution in [0.25, 0.3) is 6.08 Å². The summed E-state index contributed by atoms with van der Waals surface area (Å²) in [5.74, 6) is -1.24. The number of carbonyl (C=O) groups excluding carboxylic acids is 1. The SMILES string of the molecule is O=C(O)CN(C(=O)C=Cc1ccc(Cl)s1)C1CC1. The Hall–Kier alpha value is -1.33. The minimum atomic E-state index is -0.984. The van der Waals surface area contributed by atoms with Gasteiger partial charge < -0.3 is 10.0 Å². The Labute approximate surface area is 113 Å². The van der Waals surface area contributed by atoms with Crippen LogP contribution in [0.5, 0.6) is 0 Å². The van der Waals surface area contributed by atoms with Crippen LogP contribution in [0.2, 0.25) is 4.34 Å². The number of thiophene rings is 1. The second-order valence-corrected chi connectivity index (χ2v) is 5.81. The van der Waals surface area contributed by atoms with E-state index in [2.05, 4.69) is 0 Å². The average molecular weight is 286 g/mol. The summed E-state index contributed by atoms with van der Waals surface area (Å²) in [6, 6.07) is 3.66. The van der Waals surface area contributed by atoms with Gasteiger partial charge in [0, 0.05) is 17.0 Å². The van der Waals surface area contributed by atoms with Crippen LogP contribution in [0, 0.1) is 0 Å². The normalized spacial score (nSPS) is 14.9. The lowest BCUT2D eigenvalue weighted by atomic mass is 10.3. The van der Waals surface area contributed by atoms with E-state index in [1.807, 2.05) is 6.07 Å². The zero-order chi connectivity index (χ0) is 13.1. The van der Waals surface area contributed by atoms with E-state index in [1.54, 1.807) is 12.1 Å². The molecule has 2 rings (SSSR count). The topological polar surface area (TPSA) is 57.6 Å². The van der Waals surface area contributed by atoms with E-state index in [-0.39, 0.29) is 18.5 Å². The summed E-state index contributed by atoms with van der Waals surface area (Å²) in [5.41, 5.74) is 0. The monoisotopic (exact) mass is 285 g/mol. The van der Waals surface area contributed by atoms with Crippen molar-refractivity contribution in [2.45, 2.75) is 18.9 Å². The summed E-state index contributed by atoms with van der Waals surface area (Å²) in [4.78, 5) is 24.8. The van der Waals surface area contributed by atoms with Crippen molar-refractivity contribution in [1.29, 1.82) is 0 Å². The highest BCUT2D eigenvalue weighted by molar-refractivity contribution is 7.17. The molecule has 96 valence electrons. The maximum Gasteiger partial charge on any atom is 0.323 e. The molecule has 6 heteroatoms. The van der Waals surface area contributed by atoms with Gasteiger partial charge >= 0.3 is 5.97 Å². The van der Waals surface area contributed by atoms with Gasteiger partial charge in [0.1, 0.15) is 6.54 Å². The Kier molecular flexibility index (Phi) is 4.04. The van der Waals surface area contributed by atoms with Crippen molar-refractivity contribution in [3.8, 4) is 0 Å². The first-order valence-corrected chi connectivity index (χ1v) is 6.71. The Morgan fingerprint density at radius 3 is 2.72 bits per heavy atom. The Bertz CT molecular complexity index is 493. The Morgan fingerprint density at radius 1 is 1.50 bits per heavy atom. The molecule has 18 heavy (non-hydrogen) atoms. The smallest absolute Gasteiger partial charge is 0.323 e. The predicted molar refractivity (Wildman–Crippen MR) is 70.7 cm³/mol. The fraction of sp³-hybridized carbons (Fsp3) is 0.333. The standard InChI is InChI=1S/C12H12ClNO3S/c13-10-5-3-9(18-10)4-6-11(15)14(7-12(16)17)8-1-2-8/h3-6,8H,1-2,7H2,(H,16,17). The summed E-state index contributed by atoms with van der Waals surface area (Å²) < 4.78 is 0.659. The fourth-order valence-corrected chi connectivity index (χ4v) is 2.55. The summed E-state index contributed by atoms with van der Waals surface area (Å²) >= 11 is 7.15. The van der Waals surface area contributed by atoms with E-state index in [0.29, 0.717) is 4.34 Å². The van der Waals surface area contributed by atoms with Crippen LogP contribution in [-0.4, -0.2) is 34.5 Å². The third-order valence-electron chi connectivity index (χ3n) is 2.56. The molecule has 0 bridgehead atoms. The molecule has 1 N–H and O–H groups in total. The number of carboxylic acids is 1. The zero-order valence-electron chi connectivity index (χ0n) is 9.51. The number of amides is 1. The van der Waals surface area contributed by atoms with E-state index < -0.39 is 5.97 Å². The second kappa shape index (κ2) is 5.54. The first-order valence-electron chi connectivity index (χ1n) is 5.52. The number of hydrogen-bond donors (Lipinski definition) is 1. The molecule has 1 heterocycles. The number of nitrogens with zero attached hydrogens (tertiary/aromatic N) is 1. The summed E-state index contributed by atoms with van der Waals surface area (Å²) in [5, 5.41) is 8.76. The van der Waals surface area contributed by atoms with E-state index in [1.165, 1.54) is 22.3 Å². The lowest BCUT2D eigenvalue weighted by Crippen LogP contribution is -2.36.